The first-order valence-electron chi connectivity index (χ1n) is 5.35. The van der Waals surface area contributed by atoms with E-state index in [1.807, 2.05) is 6.92 Å². The van der Waals surface area contributed by atoms with Crippen LogP contribution in [-0.4, -0.2) is 11.9 Å². The van der Waals surface area contributed by atoms with E-state index >= 15 is 0 Å². The summed E-state index contributed by atoms with van der Waals surface area (Å²) in [6, 6.07) is 0. The van der Waals surface area contributed by atoms with E-state index in [1.54, 1.807) is 6.08 Å². The van der Waals surface area contributed by atoms with Crippen LogP contribution in [0.5, 0.6) is 0 Å². The highest BCUT2D eigenvalue weighted by molar-refractivity contribution is 7.29. The van der Waals surface area contributed by atoms with Gasteiger partial charge in [-0.15, -0.1) is 0 Å². The van der Waals surface area contributed by atoms with Crippen LogP contribution in [0.1, 0.15) is 27.2 Å². The summed E-state index contributed by atoms with van der Waals surface area (Å²) in [4.78, 5) is 11.8. The fraction of sp³-hybridized carbons (Fsp3) is 0.727. The fourth-order valence-electron chi connectivity index (χ4n) is 2.91. The Morgan fingerprint density at radius 3 is 2.73 bits per heavy atom. The quantitative estimate of drug-likeness (QED) is 0.750. The molecular weight excluding hydrogens is 209 g/mol. The lowest BCUT2D eigenvalue weighted by atomic mass is 9.48. The summed E-state index contributed by atoms with van der Waals surface area (Å²) in [5.74, 6) is 1.01. The molecule has 0 spiro atoms. The molecule has 1 fully saturated rings. The van der Waals surface area contributed by atoms with E-state index in [1.165, 1.54) is 0 Å². The Kier molecular flexibility index (Phi) is 2.74. The van der Waals surface area contributed by atoms with Gasteiger partial charge in [0, 0.05) is 5.92 Å². The van der Waals surface area contributed by atoms with Gasteiger partial charge in [-0.05, 0) is 36.3 Å². The van der Waals surface area contributed by atoms with Crippen LogP contribution in [0.4, 0.5) is 0 Å². The first-order valence-corrected chi connectivity index (χ1v) is 6.33. The molecule has 3 nitrogen and oxygen atoms in total. The van der Waals surface area contributed by atoms with Crippen LogP contribution < -0.4 is 5.50 Å². The van der Waals surface area contributed by atoms with Gasteiger partial charge in [0.1, 0.15) is 0 Å². The third kappa shape index (κ3) is 1.57. The predicted molar refractivity (Wildman–Crippen MR) is 61.5 cm³/mol. The molecular formula is C11H18NO2P. The highest BCUT2D eigenvalue weighted by Crippen LogP contribution is 2.58. The van der Waals surface area contributed by atoms with Gasteiger partial charge in [0.25, 0.3) is 0 Å². The van der Waals surface area contributed by atoms with Crippen LogP contribution in [0, 0.1) is 17.3 Å². The minimum Gasteiger partial charge on any atom is -0.339 e. The monoisotopic (exact) mass is 227 g/mol. The van der Waals surface area contributed by atoms with Gasteiger partial charge in [-0.25, -0.2) is 0 Å². The van der Waals surface area contributed by atoms with Crippen molar-refractivity contribution in [1.82, 2.24) is 0 Å². The number of carbonyl (C=O) groups is 1. The van der Waals surface area contributed by atoms with E-state index in [-0.39, 0.29) is 32.2 Å². The lowest BCUT2D eigenvalue weighted by Crippen LogP contribution is -2.53. The van der Waals surface area contributed by atoms with Crippen LogP contribution >= 0.6 is 8.96 Å². The van der Waals surface area contributed by atoms with E-state index in [4.69, 9.17) is 10.0 Å². The van der Waals surface area contributed by atoms with Gasteiger partial charge < -0.3 is 4.52 Å². The molecule has 0 aromatic rings. The number of rotatable bonds is 3. The summed E-state index contributed by atoms with van der Waals surface area (Å²) in [6.07, 6.45) is 2.77. The van der Waals surface area contributed by atoms with Gasteiger partial charge in [-0.1, -0.05) is 13.8 Å². The van der Waals surface area contributed by atoms with Crippen molar-refractivity contribution in [1.29, 1.82) is 0 Å². The summed E-state index contributed by atoms with van der Waals surface area (Å²) < 4.78 is 5.40. The van der Waals surface area contributed by atoms with Crippen LogP contribution in [0.3, 0.4) is 0 Å². The molecule has 0 aromatic heterocycles. The Morgan fingerprint density at radius 1 is 1.60 bits per heavy atom. The van der Waals surface area contributed by atoms with Gasteiger partial charge in [-0.3, -0.25) is 10.3 Å². The third-order valence-electron chi connectivity index (χ3n) is 4.04. The normalized spacial score (nSPS) is 35.2. The standard InChI is InChI=1S/C11H18NO2P/c1-6(14-15-12)7-4-10(13)9-5-8(7)11(9,2)3/h4,6,8-9,15H,5,12H2,1-3H3. The lowest BCUT2D eigenvalue weighted by Gasteiger charge is -2.55. The summed E-state index contributed by atoms with van der Waals surface area (Å²) in [5.41, 5.74) is 6.66. The first-order chi connectivity index (χ1) is 6.98. The number of allylic oxidation sites excluding steroid dienone is 1. The van der Waals surface area contributed by atoms with Crippen molar-refractivity contribution in [3.05, 3.63) is 11.6 Å². The smallest absolute Gasteiger partial charge is 0.159 e. The molecule has 2 N–H and O–H groups in total. The molecule has 1 saturated carbocycles. The predicted octanol–water partition coefficient (Wildman–Crippen LogP) is 2.03. The van der Waals surface area contributed by atoms with Gasteiger partial charge in [0.2, 0.25) is 0 Å². The van der Waals surface area contributed by atoms with E-state index in [0.29, 0.717) is 5.92 Å². The van der Waals surface area contributed by atoms with E-state index < -0.39 is 0 Å². The maximum absolute atomic E-state index is 11.8. The van der Waals surface area contributed by atoms with Crippen molar-refractivity contribution >= 4 is 14.7 Å². The molecule has 2 bridgehead atoms. The molecule has 0 saturated heterocycles. The molecule has 4 atom stereocenters. The Labute approximate surface area is 92.4 Å². The first kappa shape index (κ1) is 11.3. The average molecular weight is 227 g/mol. The highest BCUT2D eigenvalue weighted by Gasteiger charge is 2.55. The van der Waals surface area contributed by atoms with Crippen LogP contribution in [0.15, 0.2) is 11.6 Å². The van der Waals surface area contributed by atoms with Crippen molar-refractivity contribution in [2.24, 2.45) is 22.8 Å². The van der Waals surface area contributed by atoms with Gasteiger partial charge >= 0.3 is 0 Å². The Bertz CT molecular complexity index is 325. The minimum atomic E-state index is -0.0113. The molecule has 4 unspecified atom stereocenters. The van der Waals surface area contributed by atoms with Crippen LogP contribution in [-0.2, 0) is 9.32 Å². The zero-order valence-electron chi connectivity index (χ0n) is 9.41. The molecule has 0 aromatic carbocycles. The SMILES string of the molecule is CC(OPN)C1=CC(=O)C2CC1C2(C)C. The molecule has 84 valence electrons. The summed E-state index contributed by atoms with van der Waals surface area (Å²) in [6.45, 7) is 6.33. The zero-order valence-corrected chi connectivity index (χ0v) is 10.4. The second-order valence-electron chi connectivity index (χ2n) is 5.09. The third-order valence-corrected chi connectivity index (χ3v) is 4.53. The van der Waals surface area contributed by atoms with Crippen LogP contribution in [0.2, 0.25) is 0 Å². The van der Waals surface area contributed by atoms with Crippen molar-refractivity contribution in [2.75, 3.05) is 0 Å². The lowest BCUT2D eigenvalue weighted by molar-refractivity contribution is -0.134. The number of ketones is 1. The van der Waals surface area contributed by atoms with Gasteiger partial charge in [0.15, 0.2) is 5.78 Å². The molecule has 0 amide bonds. The Morgan fingerprint density at radius 2 is 2.27 bits per heavy atom. The zero-order chi connectivity index (χ0) is 11.2. The summed E-state index contributed by atoms with van der Waals surface area (Å²) in [5, 5.41) is 0. The topological polar surface area (TPSA) is 52.3 Å². The largest absolute Gasteiger partial charge is 0.339 e. The van der Waals surface area contributed by atoms with E-state index in [0.717, 1.165) is 12.0 Å². The summed E-state index contributed by atoms with van der Waals surface area (Å²) >= 11 is 0. The van der Waals surface area contributed by atoms with Crippen molar-refractivity contribution in [2.45, 2.75) is 33.3 Å². The number of hydrogen-bond acceptors (Lipinski definition) is 3. The average Bonchev–Trinajstić information content (AvgIpc) is 2.16. The summed E-state index contributed by atoms with van der Waals surface area (Å²) in [7, 11) is -0.00854. The second kappa shape index (κ2) is 3.65. The molecule has 15 heavy (non-hydrogen) atoms. The molecule has 3 aliphatic carbocycles. The minimum absolute atomic E-state index is 0.00854. The van der Waals surface area contributed by atoms with Gasteiger partial charge in [-0.2, -0.15) is 0 Å². The number of hydrogen-bond donors (Lipinski definition) is 1. The van der Waals surface area contributed by atoms with Crippen molar-refractivity contribution < 1.29 is 9.32 Å². The highest BCUT2D eigenvalue weighted by atomic mass is 31.1. The van der Waals surface area contributed by atoms with Crippen molar-refractivity contribution in [3.63, 3.8) is 0 Å². The number of fused-ring (bicyclic) bond motifs is 1. The Hall–Kier alpha value is -0.240. The molecule has 4 heteroatoms. The Balaban J connectivity index is 2.23. The van der Waals surface area contributed by atoms with Gasteiger partial charge in [0.05, 0.1) is 15.1 Å². The molecule has 0 radical (unpaired) electrons. The maximum atomic E-state index is 11.8. The maximum Gasteiger partial charge on any atom is 0.159 e. The molecule has 0 heterocycles. The molecule has 3 aliphatic rings. The molecule has 3 rings (SSSR count). The number of nitrogens with two attached hydrogens (primary N) is 1. The fourth-order valence-corrected chi connectivity index (χ4v) is 3.25. The van der Waals surface area contributed by atoms with E-state index in [2.05, 4.69) is 13.8 Å². The second-order valence-corrected chi connectivity index (χ2v) is 5.56. The van der Waals surface area contributed by atoms with Crippen LogP contribution in [0.25, 0.3) is 0 Å². The van der Waals surface area contributed by atoms with E-state index in [9.17, 15) is 4.79 Å². The number of carbonyl (C=O) groups excluding carboxylic acids is 1. The van der Waals surface area contributed by atoms with Crippen molar-refractivity contribution in [3.8, 4) is 0 Å². The molecule has 0 aliphatic heterocycles.